The summed E-state index contributed by atoms with van der Waals surface area (Å²) in [5.74, 6) is -0.684. The molecule has 164 valence electrons. The summed E-state index contributed by atoms with van der Waals surface area (Å²) in [6, 6.07) is 8.78. The summed E-state index contributed by atoms with van der Waals surface area (Å²) in [5.41, 5.74) is 1.09. The van der Waals surface area contributed by atoms with E-state index in [1.54, 1.807) is 32.9 Å². The van der Waals surface area contributed by atoms with Gasteiger partial charge < -0.3 is 9.84 Å². The van der Waals surface area contributed by atoms with Crippen molar-refractivity contribution >= 4 is 43.9 Å². The quantitative estimate of drug-likeness (QED) is 0.414. The molecule has 0 amide bonds. The number of anilines is 1. The number of hydrogen-bond acceptors (Lipinski definition) is 8. The SMILES string of the molecule is CC(C)(C)OC(=O)c1ncsc1N(Cc1ccc(O)cc1)S(=O)(=O)c1ccc(Cl)nc1. The summed E-state index contributed by atoms with van der Waals surface area (Å²) >= 11 is 6.80. The highest BCUT2D eigenvalue weighted by Crippen LogP contribution is 2.33. The van der Waals surface area contributed by atoms with Gasteiger partial charge in [-0.15, -0.1) is 11.3 Å². The van der Waals surface area contributed by atoms with Crippen LogP contribution in [0.2, 0.25) is 5.15 Å². The number of nitrogens with zero attached hydrogens (tertiary/aromatic N) is 3. The molecule has 0 aliphatic carbocycles. The summed E-state index contributed by atoms with van der Waals surface area (Å²) in [6.07, 6.45) is 1.15. The van der Waals surface area contributed by atoms with Crippen molar-refractivity contribution in [3.05, 3.63) is 64.5 Å². The van der Waals surface area contributed by atoms with Gasteiger partial charge in [0.1, 0.15) is 26.4 Å². The van der Waals surface area contributed by atoms with Crippen molar-refractivity contribution in [1.29, 1.82) is 0 Å². The number of aromatic hydroxyl groups is 1. The van der Waals surface area contributed by atoms with Gasteiger partial charge in [-0.3, -0.25) is 4.31 Å². The summed E-state index contributed by atoms with van der Waals surface area (Å²) in [5, 5.41) is 9.80. The van der Waals surface area contributed by atoms with Gasteiger partial charge in [0.2, 0.25) is 0 Å². The third-order valence-corrected chi connectivity index (χ3v) is 6.83. The van der Waals surface area contributed by atoms with Gasteiger partial charge in [-0.1, -0.05) is 23.7 Å². The first kappa shape index (κ1) is 23.0. The fourth-order valence-corrected chi connectivity index (χ4v) is 5.09. The van der Waals surface area contributed by atoms with E-state index in [-0.39, 0.29) is 33.0 Å². The van der Waals surface area contributed by atoms with Gasteiger partial charge in [0.05, 0.1) is 12.1 Å². The molecule has 0 bridgehead atoms. The number of thiazole rings is 1. The second-order valence-corrected chi connectivity index (χ2v) is 10.6. The normalized spacial score (nSPS) is 11.9. The molecule has 0 fully saturated rings. The maximum Gasteiger partial charge on any atom is 0.360 e. The molecule has 3 rings (SSSR count). The van der Waals surface area contributed by atoms with Crippen LogP contribution in [0.4, 0.5) is 5.00 Å². The maximum atomic E-state index is 13.5. The van der Waals surface area contributed by atoms with E-state index >= 15 is 0 Å². The third-order valence-electron chi connectivity index (χ3n) is 3.92. The molecular weight excluding hydrogens is 462 g/mol. The lowest BCUT2D eigenvalue weighted by Gasteiger charge is -2.24. The summed E-state index contributed by atoms with van der Waals surface area (Å²) in [7, 11) is -4.14. The highest BCUT2D eigenvalue weighted by molar-refractivity contribution is 7.93. The van der Waals surface area contributed by atoms with Crippen molar-refractivity contribution in [2.45, 2.75) is 37.8 Å². The van der Waals surface area contributed by atoms with Gasteiger partial charge in [0.15, 0.2) is 5.69 Å². The fourth-order valence-electron chi connectivity index (χ4n) is 2.56. The van der Waals surface area contributed by atoms with Crippen molar-refractivity contribution in [2.24, 2.45) is 0 Å². The molecule has 0 unspecified atom stereocenters. The van der Waals surface area contributed by atoms with Crippen LogP contribution in [0.3, 0.4) is 0 Å². The Labute approximate surface area is 189 Å². The maximum absolute atomic E-state index is 13.5. The predicted octanol–water partition coefficient (Wildman–Crippen LogP) is 4.25. The number of esters is 1. The van der Waals surface area contributed by atoms with Crippen molar-refractivity contribution in [3.8, 4) is 5.75 Å². The van der Waals surface area contributed by atoms with E-state index in [1.165, 1.54) is 29.8 Å². The Morgan fingerprint density at radius 2 is 1.84 bits per heavy atom. The summed E-state index contributed by atoms with van der Waals surface area (Å²) in [4.78, 5) is 20.5. The number of sulfonamides is 1. The van der Waals surface area contributed by atoms with Crippen LogP contribution in [-0.4, -0.2) is 35.1 Å². The summed E-state index contributed by atoms with van der Waals surface area (Å²) < 4.78 is 33.5. The van der Waals surface area contributed by atoms with Crippen LogP contribution in [0, 0.1) is 0 Å². The minimum atomic E-state index is -4.14. The topological polar surface area (TPSA) is 110 Å². The molecule has 0 radical (unpaired) electrons. The van der Waals surface area contributed by atoms with E-state index in [2.05, 4.69) is 9.97 Å². The van der Waals surface area contributed by atoms with Gasteiger partial charge in [0, 0.05) is 6.20 Å². The zero-order valence-electron chi connectivity index (χ0n) is 16.9. The highest BCUT2D eigenvalue weighted by Gasteiger charge is 2.32. The number of rotatable bonds is 6. The molecule has 0 saturated heterocycles. The van der Waals surface area contributed by atoms with Crippen LogP contribution in [0.15, 0.2) is 53.0 Å². The van der Waals surface area contributed by atoms with Gasteiger partial charge in [-0.2, -0.15) is 0 Å². The fraction of sp³-hybridized carbons (Fsp3) is 0.250. The highest BCUT2D eigenvalue weighted by atomic mass is 35.5. The first-order valence-electron chi connectivity index (χ1n) is 9.06. The van der Waals surface area contributed by atoms with Crippen LogP contribution in [-0.2, 0) is 21.3 Å². The van der Waals surface area contributed by atoms with Crippen molar-refractivity contribution < 1.29 is 23.1 Å². The molecule has 2 heterocycles. The number of halogens is 1. The Hall–Kier alpha value is -2.69. The van der Waals surface area contributed by atoms with Gasteiger partial charge >= 0.3 is 5.97 Å². The van der Waals surface area contributed by atoms with E-state index in [4.69, 9.17) is 16.3 Å². The average molecular weight is 482 g/mol. The van der Waals surface area contributed by atoms with Crippen LogP contribution in [0.25, 0.3) is 0 Å². The number of carbonyl (C=O) groups is 1. The molecule has 0 spiro atoms. The first-order chi connectivity index (χ1) is 14.5. The molecule has 11 heteroatoms. The van der Waals surface area contributed by atoms with Gasteiger partial charge in [-0.25, -0.2) is 23.2 Å². The third kappa shape index (κ3) is 5.52. The molecule has 0 saturated carbocycles. The lowest BCUT2D eigenvalue weighted by Crippen LogP contribution is -2.32. The van der Waals surface area contributed by atoms with Crippen LogP contribution in [0.5, 0.6) is 5.75 Å². The molecule has 8 nitrogen and oxygen atoms in total. The van der Waals surface area contributed by atoms with Crippen molar-refractivity contribution in [1.82, 2.24) is 9.97 Å². The van der Waals surface area contributed by atoms with E-state index in [0.29, 0.717) is 5.56 Å². The molecular formula is C20H20ClN3O5S2. The largest absolute Gasteiger partial charge is 0.508 e. The average Bonchev–Trinajstić information content (AvgIpc) is 3.16. The Morgan fingerprint density at radius 1 is 1.16 bits per heavy atom. The van der Waals surface area contributed by atoms with Crippen LogP contribution in [0.1, 0.15) is 36.8 Å². The first-order valence-corrected chi connectivity index (χ1v) is 11.8. The Bertz CT molecular complexity index is 1170. The Balaban J connectivity index is 2.09. The van der Waals surface area contributed by atoms with Gasteiger partial charge in [0.25, 0.3) is 10.0 Å². The smallest absolute Gasteiger partial charge is 0.360 e. The molecule has 0 atom stereocenters. The Kier molecular flexibility index (Phi) is 6.54. The number of benzene rings is 1. The van der Waals surface area contributed by atoms with Crippen molar-refractivity contribution in [3.63, 3.8) is 0 Å². The molecule has 1 aromatic carbocycles. The number of phenols is 1. The van der Waals surface area contributed by atoms with E-state index < -0.39 is 21.6 Å². The van der Waals surface area contributed by atoms with E-state index in [1.807, 2.05) is 0 Å². The second-order valence-electron chi connectivity index (χ2n) is 7.50. The van der Waals surface area contributed by atoms with E-state index in [9.17, 15) is 18.3 Å². The minimum Gasteiger partial charge on any atom is -0.508 e. The lowest BCUT2D eigenvalue weighted by atomic mass is 10.2. The number of carbonyl (C=O) groups excluding carboxylic acids is 1. The zero-order chi connectivity index (χ0) is 22.8. The number of aromatic nitrogens is 2. The summed E-state index contributed by atoms with van der Waals surface area (Å²) in [6.45, 7) is 5.02. The predicted molar refractivity (Wildman–Crippen MR) is 118 cm³/mol. The number of hydrogen-bond donors (Lipinski definition) is 1. The molecule has 2 aromatic heterocycles. The monoisotopic (exact) mass is 481 g/mol. The zero-order valence-corrected chi connectivity index (χ0v) is 19.3. The molecule has 0 aliphatic heterocycles. The lowest BCUT2D eigenvalue weighted by molar-refractivity contribution is 0.00646. The number of ether oxygens (including phenoxy) is 1. The molecule has 0 aliphatic rings. The molecule has 31 heavy (non-hydrogen) atoms. The van der Waals surface area contributed by atoms with Crippen LogP contribution >= 0.6 is 22.9 Å². The Morgan fingerprint density at radius 3 is 2.42 bits per heavy atom. The van der Waals surface area contributed by atoms with Gasteiger partial charge in [-0.05, 0) is 50.6 Å². The number of pyridine rings is 1. The minimum absolute atomic E-state index is 0.0484. The standard InChI is InChI=1S/C20H20ClN3O5S2/c1-20(2,3)29-19(26)17-18(30-12-23-17)24(11-13-4-6-14(25)7-5-13)31(27,28)15-8-9-16(21)22-10-15/h4-10,12,25H,11H2,1-3H3. The molecule has 3 aromatic rings. The molecule has 1 N–H and O–H groups in total. The number of phenolic OH excluding ortho intramolecular Hbond substituents is 1. The van der Waals surface area contributed by atoms with E-state index in [0.717, 1.165) is 21.8 Å². The second kappa shape index (κ2) is 8.81. The van der Waals surface area contributed by atoms with Crippen molar-refractivity contribution in [2.75, 3.05) is 4.31 Å². The van der Waals surface area contributed by atoms with Crippen LogP contribution < -0.4 is 4.31 Å².